The number of amidine groups is 1. The van der Waals surface area contributed by atoms with Gasteiger partial charge in [0.05, 0.1) is 12.6 Å². The van der Waals surface area contributed by atoms with E-state index in [1.54, 1.807) is 27.9 Å². The molecule has 0 aliphatic rings. The standard InChI is InChI=1S/C10H22N4O3/c1-7(10(15)14(3)4)12-5-6-17-8(2)9(11)13-16/h7-8,12,16H,5-6H2,1-4H3,(H2,11,13). The van der Waals surface area contributed by atoms with E-state index in [1.165, 1.54) is 4.90 Å². The van der Waals surface area contributed by atoms with Crippen LogP contribution in [0.4, 0.5) is 0 Å². The van der Waals surface area contributed by atoms with Crippen molar-refractivity contribution in [3.63, 3.8) is 0 Å². The van der Waals surface area contributed by atoms with Crippen LogP contribution in [0.2, 0.25) is 0 Å². The third kappa shape index (κ3) is 6.08. The van der Waals surface area contributed by atoms with E-state index in [0.29, 0.717) is 13.2 Å². The van der Waals surface area contributed by atoms with Gasteiger partial charge in [-0.1, -0.05) is 5.16 Å². The minimum atomic E-state index is -0.443. The molecule has 0 aromatic heterocycles. The van der Waals surface area contributed by atoms with Gasteiger partial charge in [0.2, 0.25) is 5.91 Å². The van der Waals surface area contributed by atoms with Crippen LogP contribution < -0.4 is 11.1 Å². The number of amides is 1. The molecule has 0 heterocycles. The molecule has 0 aliphatic carbocycles. The molecule has 0 saturated carbocycles. The van der Waals surface area contributed by atoms with Crippen molar-refractivity contribution in [1.82, 2.24) is 10.2 Å². The molecule has 2 unspecified atom stereocenters. The highest BCUT2D eigenvalue weighted by molar-refractivity contribution is 5.83. The molecule has 0 aromatic carbocycles. The van der Waals surface area contributed by atoms with Crippen molar-refractivity contribution in [2.45, 2.75) is 26.0 Å². The Bertz CT molecular complexity index is 268. The largest absolute Gasteiger partial charge is 0.409 e. The fourth-order valence-electron chi connectivity index (χ4n) is 1.15. The molecule has 0 spiro atoms. The van der Waals surface area contributed by atoms with Gasteiger partial charge in [-0.05, 0) is 13.8 Å². The van der Waals surface area contributed by atoms with Crippen molar-refractivity contribution in [2.75, 3.05) is 27.2 Å². The number of oxime groups is 1. The first-order chi connectivity index (χ1) is 7.90. The average molecular weight is 246 g/mol. The predicted octanol–water partition coefficient (Wildman–Crippen LogP) is -0.796. The Morgan fingerprint density at radius 3 is 2.59 bits per heavy atom. The highest BCUT2D eigenvalue weighted by Gasteiger charge is 2.13. The van der Waals surface area contributed by atoms with E-state index < -0.39 is 6.10 Å². The Balaban J connectivity index is 3.75. The molecule has 17 heavy (non-hydrogen) atoms. The quantitative estimate of drug-likeness (QED) is 0.180. The molecule has 0 fully saturated rings. The lowest BCUT2D eigenvalue weighted by Gasteiger charge is -2.18. The summed E-state index contributed by atoms with van der Waals surface area (Å²) in [5.74, 6) is 0.0388. The van der Waals surface area contributed by atoms with E-state index in [9.17, 15) is 4.79 Å². The van der Waals surface area contributed by atoms with E-state index in [-0.39, 0.29) is 17.8 Å². The molecular formula is C10H22N4O3. The first-order valence-electron chi connectivity index (χ1n) is 5.43. The van der Waals surface area contributed by atoms with Gasteiger partial charge >= 0.3 is 0 Å². The number of ether oxygens (including phenoxy) is 1. The molecule has 0 aromatic rings. The molecule has 2 atom stereocenters. The van der Waals surface area contributed by atoms with Crippen LogP contribution >= 0.6 is 0 Å². The zero-order chi connectivity index (χ0) is 13.4. The van der Waals surface area contributed by atoms with Gasteiger partial charge in [0.15, 0.2) is 5.84 Å². The smallest absolute Gasteiger partial charge is 0.238 e. The third-order valence-electron chi connectivity index (χ3n) is 2.26. The molecule has 1 amide bonds. The summed E-state index contributed by atoms with van der Waals surface area (Å²) in [4.78, 5) is 13.0. The fourth-order valence-corrected chi connectivity index (χ4v) is 1.15. The molecule has 0 aliphatic heterocycles. The topological polar surface area (TPSA) is 100 Å². The second-order valence-corrected chi connectivity index (χ2v) is 3.95. The summed E-state index contributed by atoms with van der Waals surface area (Å²) in [5.41, 5.74) is 5.34. The van der Waals surface area contributed by atoms with E-state index in [2.05, 4.69) is 10.5 Å². The van der Waals surface area contributed by atoms with Gasteiger partial charge in [0.1, 0.15) is 6.10 Å². The maximum Gasteiger partial charge on any atom is 0.238 e. The molecule has 0 rings (SSSR count). The molecule has 100 valence electrons. The minimum absolute atomic E-state index is 0.00878. The number of nitrogens with one attached hydrogen (secondary N) is 1. The summed E-state index contributed by atoms with van der Waals surface area (Å²) in [7, 11) is 3.41. The zero-order valence-electron chi connectivity index (χ0n) is 10.8. The Labute approximate surface area is 102 Å². The lowest BCUT2D eigenvalue weighted by Crippen LogP contribution is -2.43. The fraction of sp³-hybridized carbons (Fsp3) is 0.800. The molecule has 0 bridgehead atoms. The number of carbonyl (C=O) groups is 1. The van der Waals surface area contributed by atoms with Crippen molar-refractivity contribution >= 4 is 11.7 Å². The van der Waals surface area contributed by atoms with E-state index in [4.69, 9.17) is 15.7 Å². The Morgan fingerprint density at radius 1 is 1.53 bits per heavy atom. The van der Waals surface area contributed by atoms with Crippen LogP contribution in [0.3, 0.4) is 0 Å². The summed E-state index contributed by atoms with van der Waals surface area (Å²) < 4.78 is 5.28. The first kappa shape index (κ1) is 15.7. The second-order valence-electron chi connectivity index (χ2n) is 3.95. The summed E-state index contributed by atoms with van der Waals surface area (Å²) in [6, 6.07) is -0.257. The number of likely N-dealkylation sites (N-methyl/N-ethyl adjacent to an activating group) is 1. The van der Waals surface area contributed by atoms with Gasteiger partial charge < -0.3 is 25.9 Å². The van der Waals surface area contributed by atoms with Gasteiger partial charge in [0.25, 0.3) is 0 Å². The Morgan fingerprint density at radius 2 is 2.12 bits per heavy atom. The Kier molecular flexibility index (Phi) is 7.24. The number of carbonyl (C=O) groups excluding carboxylic acids is 1. The van der Waals surface area contributed by atoms with Crippen LogP contribution in [0.25, 0.3) is 0 Å². The van der Waals surface area contributed by atoms with E-state index in [0.717, 1.165) is 0 Å². The molecule has 4 N–H and O–H groups in total. The van der Waals surface area contributed by atoms with Crippen LogP contribution in [0.5, 0.6) is 0 Å². The van der Waals surface area contributed by atoms with Gasteiger partial charge in [-0.15, -0.1) is 0 Å². The highest BCUT2D eigenvalue weighted by atomic mass is 16.5. The number of nitrogens with zero attached hydrogens (tertiary/aromatic N) is 2. The molecule has 0 saturated heterocycles. The van der Waals surface area contributed by atoms with E-state index >= 15 is 0 Å². The summed E-state index contributed by atoms with van der Waals surface area (Å²) >= 11 is 0. The molecule has 7 heteroatoms. The number of hydrogen-bond donors (Lipinski definition) is 3. The lowest BCUT2D eigenvalue weighted by molar-refractivity contribution is -0.130. The maximum absolute atomic E-state index is 11.5. The van der Waals surface area contributed by atoms with Crippen molar-refractivity contribution in [1.29, 1.82) is 0 Å². The predicted molar refractivity (Wildman–Crippen MR) is 65.0 cm³/mol. The van der Waals surface area contributed by atoms with E-state index in [1.807, 2.05) is 0 Å². The number of hydrogen-bond acceptors (Lipinski definition) is 5. The van der Waals surface area contributed by atoms with Crippen molar-refractivity contribution in [3.8, 4) is 0 Å². The van der Waals surface area contributed by atoms with Crippen LogP contribution in [0, 0.1) is 0 Å². The van der Waals surface area contributed by atoms with Crippen LogP contribution in [0.15, 0.2) is 5.16 Å². The second kappa shape index (κ2) is 7.86. The van der Waals surface area contributed by atoms with Gasteiger partial charge in [-0.3, -0.25) is 4.79 Å². The van der Waals surface area contributed by atoms with Gasteiger partial charge in [-0.2, -0.15) is 0 Å². The minimum Gasteiger partial charge on any atom is -0.409 e. The highest BCUT2D eigenvalue weighted by Crippen LogP contribution is 1.91. The SMILES string of the molecule is CC(NCCOC(C)C(N)=NO)C(=O)N(C)C. The van der Waals surface area contributed by atoms with Crippen LogP contribution in [-0.4, -0.2) is 61.2 Å². The van der Waals surface area contributed by atoms with Crippen molar-refractivity contribution < 1.29 is 14.7 Å². The van der Waals surface area contributed by atoms with Gasteiger partial charge in [-0.25, -0.2) is 0 Å². The number of rotatable bonds is 7. The van der Waals surface area contributed by atoms with Gasteiger partial charge in [0, 0.05) is 20.6 Å². The zero-order valence-corrected chi connectivity index (χ0v) is 10.8. The summed E-state index contributed by atoms with van der Waals surface area (Å²) in [5, 5.41) is 14.3. The molecular weight excluding hydrogens is 224 g/mol. The number of nitrogens with two attached hydrogens (primary N) is 1. The first-order valence-corrected chi connectivity index (χ1v) is 5.43. The lowest BCUT2D eigenvalue weighted by atomic mass is 10.3. The monoisotopic (exact) mass is 246 g/mol. The normalized spacial score (nSPS) is 15.4. The maximum atomic E-state index is 11.5. The summed E-state index contributed by atoms with van der Waals surface area (Å²) in [6.45, 7) is 4.37. The van der Waals surface area contributed by atoms with Crippen LogP contribution in [0.1, 0.15) is 13.8 Å². The van der Waals surface area contributed by atoms with Crippen molar-refractivity contribution in [2.24, 2.45) is 10.9 Å². The summed E-state index contributed by atoms with van der Waals surface area (Å²) in [6.07, 6.45) is -0.443. The average Bonchev–Trinajstić information content (AvgIpc) is 2.31. The van der Waals surface area contributed by atoms with Crippen LogP contribution in [-0.2, 0) is 9.53 Å². The molecule has 0 radical (unpaired) electrons. The molecule has 7 nitrogen and oxygen atoms in total. The third-order valence-corrected chi connectivity index (χ3v) is 2.26. The van der Waals surface area contributed by atoms with Crippen molar-refractivity contribution in [3.05, 3.63) is 0 Å². The Hall–Kier alpha value is -1.34.